The van der Waals surface area contributed by atoms with Crippen molar-refractivity contribution in [1.29, 1.82) is 10.5 Å². The van der Waals surface area contributed by atoms with E-state index in [9.17, 15) is 24.1 Å². The van der Waals surface area contributed by atoms with Gasteiger partial charge in [-0.1, -0.05) is 19.8 Å². The third-order valence-corrected chi connectivity index (χ3v) is 3.76. The van der Waals surface area contributed by atoms with Crippen LogP contribution in [0.5, 0.6) is 5.75 Å². The predicted molar refractivity (Wildman–Crippen MR) is 91.3 cm³/mol. The van der Waals surface area contributed by atoms with Gasteiger partial charge < -0.3 is 15.5 Å². The minimum atomic E-state index is -1.22. The van der Waals surface area contributed by atoms with Crippen molar-refractivity contribution in [1.82, 2.24) is 4.98 Å². The molecular weight excluding hydrogens is 342 g/mol. The van der Waals surface area contributed by atoms with Crippen LogP contribution in [-0.4, -0.2) is 11.6 Å². The summed E-state index contributed by atoms with van der Waals surface area (Å²) in [6, 6.07) is 5.39. The van der Waals surface area contributed by atoms with E-state index in [4.69, 9.17) is 10.5 Å². The second kappa shape index (κ2) is 8.13. The van der Waals surface area contributed by atoms with Crippen molar-refractivity contribution in [3.8, 4) is 29.0 Å². The van der Waals surface area contributed by atoms with Gasteiger partial charge in [0.1, 0.15) is 29.1 Å². The van der Waals surface area contributed by atoms with E-state index >= 15 is 0 Å². The number of hydrogen-bond donors (Lipinski definition) is 2. The number of hydrogen-bond acceptors (Lipinski definition) is 5. The zero-order valence-electron chi connectivity index (χ0n) is 14.0. The highest BCUT2D eigenvalue weighted by molar-refractivity contribution is 5.80. The van der Waals surface area contributed by atoms with Crippen molar-refractivity contribution < 1.29 is 13.5 Å². The van der Waals surface area contributed by atoms with Gasteiger partial charge in [0, 0.05) is 5.56 Å². The fraction of sp³-hybridized carbons (Fsp3) is 0.278. The van der Waals surface area contributed by atoms with E-state index in [-0.39, 0.29) is 34.9 Å². The second-order valence-electron chi connectivity index (χ2n) is 5.54. The molecule has 1 aromatic carbocycles. The van der Waals surface area contributed by atoms with E-state index in [0.717, 1.165) is 25.0 Å². The van der Waals surface area contributed by atoms with Crippen LogP contribution in [0.1, 0.15) is 37.3 Å². The Balaban J connectivity index is 2.63. The molecule has 0 aliphatic heterocycles. The molecule has 2 rings (SSSR count). The summed E-state index contributed by atoms with van der Waals surface area (Å²) < 4.78 is 33.3. The average molecular weight is 358 g/mol. The van der Waals surface area contributed by atoms with Crippen LogP contribution in [-0.2, 0) is 0 Å². The lowest BCUT2D eigenvalue weighted by atomic mass is 9.96. The van der Waals surface area contributed by atoms with Crippen molar-refractivity contribution in [3.05, 3.63) is 45.2 Å². The number of unbranched alkanes of at least 4 members (excludes halogenated alkanes) is 2. The lowest BCUT2D eigenvalue weighted by Gasteiger charge is -2.12. The predicted octanol–water partition coefficient (Wildman–Crippen LogP) is 3.21. The molecule has 3 N–H and O–H groups in total. The molecule has 0 aliphatic carbocycles. The highest BCUT2D eigenvalue weighted by Gasteiger charge is 2.21. The first-order chi connectivity index (χ1) is 12.4. The summed E-state index contributed by atoms with van der Waals surface area (Å²) in [5.41, 5.74) is 3.98. The Labute approximate surface area is 148 Å². The quantitative estimate of drug-likeness (QED) is 0.769. The maximum atomic E-state index is 14.0. The number of nitrogens with one attached hydrogen (secondary N) is 1. The molecule has 0 saturated carbocycles. The zero-order valence-corrected chi connectivity index (χ0v) is 14.0. The summed E-state index contributed by atoms with van der Waals surface area (Å²) >= 11 is 0. The van der Waals surface area contributed by atoms with E-state index in [0.29, 0.717) is 6.42 Å². The maximum absolute atomic E-state index is 14.0. The number of nitrogens with zero attached hydrogens (tertiary/aromatic N) is 2. The fourth-order valence-corrected chi connectivity index (χ4v) is 2.48. The van der Waals surface area contributed by atoms with Crippen molar-refractivity contribution in [3.63, 3.8) is 0 Å². The molecular formula is C18H16F2N4O2. The summed E-state index contributed by atoms with van der Waals surface area (Å²) in [5.74, 6) is -3.02. The lowest BCUT2D eigenvalue weighted by Crippen LogP contribution is -2.16. The van der Waals surface area contributed by atoms with Gasteiger partial charge in [0.2, 0.25) is 5.82 Å². The fourth-order valence-electron chi connectivity index (χ4n) is 2.48. The molecule has 134 valence electrons. The van der Waals surface area contributed by atoms with E-state index in [1.54, 1.807) is 12.1 Å². The van der Waals surface area contributed by atoms with Crippen LogP contribution in [0, 0.1) is 34.3 Å². The van der Waals surface area contributed by atoms with Gasteiger partial charge in [0.05, 0.1) is 6.61 Å². The Morgan fingerprint density at radius 3 is 2.50 bits per heavy atom. The molecule has 0 fully saturated rings. The highest BCUT2D eigenvalue weighted by Crippen LogP contribution is 2.33. The van der Waals surface area contributed by atoms with Crippen LogP contribution in [0.15, 0.2) is 16.9 Å². The number of halogens is 2. The molecule has 26 heavy (non-hydrogen) atoms. The standard InChI is InChI=1S/C18H16F2N4O2/c1-2-3-4-5-26-14-7-10(6-13(19)16(14)20)15-11(8-21)17(23)24-18(25)12(15)9-22/h6-7H,2-5H2,1H3,(H3,23,24,25). The monoisotopic (exact) mass is 358 g/mol. The third kappa shape index (κ3) is 3.65. The summed E-state index contributed by atoms with van der Waals surface area (Å²) in [4.78, 5) is 14.1. The maximum Gasteiger partial charge on any atom is 0.268 e. The molecule has 0 atom stereocenters. The summed E-state index contributed by atoms with van der Waals surface area (Å²) in [7, 11) is 0. The Hall–Kier alpha value is -3.39. The third-order valence-electron chi connectivity index (χ3n) is 3.76. The first-order valence-corrected chi connectivity index (χ1v) is 7.92. The minimum Gasteiger partial charge on any atom is -0.490 e. The molecule has 0 radical (unpaired) electrons. The number of anilines is 1. The average Bonchev–Trinajstić information content (AvgIpc) is 2.61. The number of nitriles is 2. The topological polar surface area (TPSA) is 116 Å². The summed E-state index contributed by atoms with van der Waals surface area (Å²) in [6.07, 6.45) is 2.46. The number of nitrogens with two attached hydrogens (primary N) is 1. The number of ether oxygens (including phenoxy) is 1. The van der Waals surface area contributed by atoms with E-state index < -0.39 is 22.8 Å². The van der Waals surface area contributed by atoms with Gasteiger partial charge in [-0.25, -0.2) is 4.39 Å². The molecule has 1 aromatic heterocycles. The number of aromatic amines is 1. The first-order valence-electron chi connectivity index (χ1n) is 7.92. The lowest BCUT2D eigenvalue weighted by molar-refractivity contribution is 0.286. The smallest absolute Gasteiger partial charge is 0.268 e. The second-order valence-corrected chi connectivity index (χ2v) is 5.54. The molecule has 0 aliphatic rings. The van der Waals surface area contributed by atoms with Crippen molar-refractivity contribution in [2.45, 2.75) is 26.2 Å². The van der Waals surface area contributed by atoms with Crippen molar-refractivity contribution in [2.24, 2.45) is 0 Å². The van der Waals surface area contributed by atoms with Crippen LogP contribution in [0.2, 0.25) is 0 Å². The Kier molecular flexibility index (Phi) is 5.92. The molecule has 0 bridgehead atoms. The molecule has 0 amide bonds. The van der Waals surface area contributed by atoms with Gasteiger partial charge in [0.15, 0.2) is 11.6 Å². The van der Waals surface area contributed by atoms with Crippen LogP contribution in [0.3, 0.4) is 0 Å². The van der Waals surface area contributed by atoms with Gasteiger partial charge in [-0.3, -0.25) is 4.79 Å². The highest BCUT2D eigenvalue weighted by atomic mass is 19.2. The first kappa shape index (κ1) is 18.9. The molecule has 2 aromatic rings. The number of rotatable bonds is 6. The number of H-pyrrole nitrogens is 1. The van der Waals surface area contributed by atoms with E-state index in [1.165, 1.54) is 0 Å². The van der Waals surface area contributed by atoms with Crippen LogP contribution in [0.4, 0.5) is 14.6 Å². The molecule has 8 heteroatoms. The van der Waals surface area contributed by atoms with Gasteiger partial charge in [-0.2, -0.15) is 14.9 Å². The number of pyridine rings is 1. The largest absolute Gasteiger partial charge is 0.490 e. The van der Waals surface area contributed by atoms with E-state index in [1.807, 2.05) is 6.92 Å². The minimum absolute atomic E-state index is 0.0414. The Bertz CT molecular complexity index is 971. The van der Waals surface area contributed by atoms with E-state index in [2.05, 4.69) is 4.98 Å². The van der Waals surface area contributed by atoms with Crippen LogP contribution in [0.25, 0.3) is 11.1 Å². The number of aromatic nitrogens is 1. The summed E-state index contributed by atoms with van der Waals surface area (Å²) in [6.45, 7) is 2.17. The SMILES string of the molecule is CCCCCOc1cc(-c2c(C#N)c(N)[nH]c(=O)c2C#N)cc(F)c1F. The molecule has 0 unspecified atom stereocenters. The molecule has 0 saturated heterocycles. The number of benzene rings is 1. The van der Waals surface area contributed by atoms with Crippen molar-refractivity contribution >= 4 is 5.82 Å². The van der Waals surface area contributed by atoms with Gasteiger partial charge >= 0.3 is 0 Å². The molecule has 6 nitrogen and oxygen atoms in total. The van der Waals surface area contributed by atoms with Crippen molar-refractivity contribution in [2.75, 3.05) is 12.3 Å². The zero-order chi connectivity index (χ0) is 19.3. The Morgan fingerprint density at radius 2 is 1.88 bits per heavy atom. The summed E-state index contributed by atoms with van der Waals surface area (Å²) in [5, 5.41) is 18.6. The van der Waals surface area contributed by atoms with Gasteiger partial charge in [0.25, 0.3) is 5.56 Å². The number of nitrogen functional groups attached to an aromatic ring is 1. The van der Waals surface area contributed by atoms with Crippen LogP contribution < -0.4 is 16.0 Å². The molecule has 1 heterocycles. The normalized spacial score (nSPS) is 10.2. The van der Waals surface area contributed by atoms with Gasteiger partial charge in [-0.05, 0) is 24.1 Å². The van der Waals surface area contributed by atoms with Gasteiger partial charge in [-0.15, -0.1) is 0 Å². The molecule has 0 spiro atoms. The Morgan fingerprint density at radius 1 is 1.19 bits per heavy atom. The van der Waals surface area contributed by atoms with Crippen LogP contribution >= 0.6 is 0 Å².